The molecule has 0 radical (unpaired) electrons. The Morgan fingerprint density at radius 2 is 2.00 bits per heavy atom. The number of furan rings is 1. The van der Waals surface area contributed by atoms with Gasteiger partial charge in [-0.25, -0.2) is 19.0 Å². The maximum Gasteiger partial charge on any atom is 0.416 e. The fraction of sp³-hybridized carbons (Fsp3) is 0.227. The van der Waals surface area contributed by atoms with Crippen molar-refractivity contribution in [1.82, 2.24) is 29.5 Å². The molecule has 0 aliphatic rings. The molecular formula is C22H21N7O3. The van der Waals surface area contributed by atoms with E-state index in [9.17, 15) is 9.90 Å². The molecule has 0 atom stereocenters. The van der Waals surface area contributed by atoms with Crippen LogP contribution < -0.4 is 5.73 Å². The van der Waals surface area contributed by atoms with Gasteiger partial charge in [0, 0.05) is 16.5 Å². The van der Waals surface area contributed by atoms with Crippen molar-refractivity contribution < 1.29 is 14.3 Å². The molecule has 162 valence electrons. The first-order chi connectivity index (χ1) is 15.2. The summed E-state index contributed by atoms with van der Waals surface area (Å²) >= 11 is 0. The number of carbonyl (C=O) groups is 1. The van der Waals surface area contributed by atoms with Crippen molar-refractivity contribution in [3.8, 4) is 11.5 Å². The lowest BCUT2D eigenvalue weighted by Gasteiger charge is -2.20. The van der Waals surface area contributed by atoms with Gasteiger partial charge in [0.05, 0.1) is 18.3 Å². The van der Waals surface area contributed by atoms with Crippen LogP contribution >= 0.6 is 0 Å². The number of benzene rings is 1. The molecule has 0 aliphatic heterocycles. The molecule has 0 unspecified atom stereocenters. The number of para-hydroxylation sites is 1. The molecule has 0 fully saturated rings. The zero-order valence-electron chi connectivity index (χ0n) is 17.8. The fourth-order valence-corrected chi connectivity index (χ4v) is 3.94. The van der Waals surface area contributed by atoms with Crippen molar-refractivity contribution in [3.05, 3.63) is 53.9 Å². The van der Waals surface area contributed by atoms with Crippen molar-refractivity contribution in [3.63, 3.8) is 0 Å². The van der Waals surface area contributed by atoms with Crippen molar-refractivity contribution >= 4 is 34.1 Å². The van der Waals surface area contributed by atoms with Gasteiger partial charge in [0.2, 0.25) is 5.95 Å². The van der Waals surface area contributed by atoms with Gasteiger partial charge in [0.25, 0.3) is 0 Å². The molecule has 4 heterocycles. The second-order valence-electron chi connectivity index (χ2n) is 8.58. The Morgan fingerprint density at radius 1 is 1.19 bits per heavy atom. The molecule has 5 aromatic rings. The van der Waals surface area contributed by atoms with Crippen LogP contribution in [-0.2, 0) is 12.0 Å². The van der Waals surface area contributed by atoms with E-state index in [1.165, 1.54) is 10.8 Å². The van der Waals surface area contributed by atoms with E-state index in [1.807, 2.05) is 45.0 Å². The van der Waals surface area contributed by atoms with Gasteiger partial charge in [0.15, 0.2) is 16.9 Å². The third-order valence-corrected chi connectivity index (χ3v) is 5.32. The number of carboxylic acid groups (broad SMARTS) is 1. The minimum atomic E-state index is -1.03. The molecule has 0 bridgehead atoms. The molecule has 10 nitrogen and oxygen atoms in total. The van der Waals surface area contributed by atoms with Crippen LogP contribution in [0.1, 0.15) is 32.0 Å². The summed E-state index contributed by atoms with van der Waals surface area (Å²) in [5.41, 5.74) is 9.02. The van der Waals surface area contributed by atoms with Gasteiger partial charge in [-0.05, 0) is 23.8 Å². The summed E-state index contributed by atoms with van der Waals surface area (Å²) in [7, 11) is 0. The van der Waals surface area contributed by atoms with E-state index in [-0.39, 0.29) is 17.9 Å². The van der Waals surface area contributed by atoms with Crippen LogP contribution in [0.15, 0.2) is 47.1 Å². The van der Waals surface area contributed by atoms with Crippen LogP contribution in [0.25, 0.3) is 33.5 Å². The summed E-state index contributed by atoms with van der Waals surface area (Å²) in [5.74, 6) is 0.572. The number of anilines is 1. The molecule has 32 heavy (non-hydrogen) atoms. The highest BCUT2D eigenvalue weighted by molar-refractivity contribution is 5.93. The van der Waals surface area contributed by atoms with E-state index in [4.69, 9.17) is 10.2 Å². The number of nitrogen functional groups attached to an aromatic ring is 1. The van der Waals surface area contributed by atoms with Crippen LogP contribution in [0, 0.1) is 0 Å². The first kappa shape index (κ1) is 19.7. The average molecular weight is 431 g/mol. The number of fused-ring (bicyclic) bond motifs is 2. The Hall–Kier alpha value is -4.21. The van der Waals surface area contributed by atoms with E-state index in [2.05, 4.69) is 20.3 Å². The zero-order valence-corrected chi connectivity index (χ0v) is 17.8. The van der Waals surface area contributed by atoms with Crippen LogP contribution in [0.4, 0.5) is 10.7 Å². The van der Waals surface area contributed by atoms with Crippen LogP contribution in [0.2, 0.25) is 0 Å². The SMILES string of the molecule is CC(C)(C)c1cc2cccc(Cn3nnc4c(-c5ccco5)nc(N)nc43)c2n1C(=O)O. The number of rotatable bonds is 3. The molecule has 10 heteroatoms. The highest BCUT2D eigenvalue weighted by Gasteiger charge is 2.26. The number of aromatic nitrogens is 6. The lowest BCUT2D eigenvalue weighted by molar-refractivity contribution is 0.195. The van der Waals surface area contributed by atoms with Gasteiger partial charge in [-0.15, -0.1) is 5.10 Å². The maximum atomic E-state index is 12.2. The van der Waals surface area contributed by atoms with Gasteiger partial charge < -0.3 is 15.3 Å². The quantitative estimate of drug-likeness (QED) is 0.439. The van der Waals surface area contributed by atoms with Crippen LogP contribution in [0.3, 0.4) is 0 Å². The summed E-state index contributed by atoms with van der Waals surface area (Å²) < 4.78 is 8.39. The minimum absolute atomic E-state index is 0.0644. The maximum absolute atomic E-state index is 12.2. The summed E-state index contributed by atoms with van der Waals surface area (Å²) in [6.07, 6.45) is 0.504. The first-order valence-electron chi connectivity index (χ1n) is 10.0. The third kappa shape index (κ3) is 3.08. The summed E-state index contributed by atoms with van der Waals surface area (Å²) in [5, 5.41) is 19.3. The summed E-state index contributed by atoms with van der Waals surface area (Å²) in [4.78, 5) is 20.8. The van der Waals surface area contributed by atoms with Crippen molar-refractivity contribution in [1.29, 1.82) is 0 Å². The third-order valence-electron chi connectivity index (χ3n) is 5.32. The van der Waals surface area contributed by atoms with Gasteiger partial charge in [-0.2, -0.15) is 4.98 Å². The molecule has 0 saturated heterocycles. The predicted molar refractivity (Wildman–Crippen MR) is 118 cm³/mol. The molecule has 4 aromatic heterocycles. The van der Waals surface area contributed by atoms with Crippen molar-refractivity contribution in [2.24, 2.45) is 0 Å². The smallest absolute Gasteiger partial charge is 0.416 e. The van der Waals surface area contributed by atoms with Crippen LogP contribution in [0.5, 0.6) is 0 Å². The molecule has 0 aliphatic carbocycles. The Balaban J connectivity index is 1.69. The van der Waals surface area contributed by atoms with Gasteiger partial charge in [-0.1, -0.05) is 44.2 Å². The minimum Gasteiger partial charge on any atom is -0.464 e. The highest BCUT2D eigenvalue weighted by Crippen LogP contribution is 2.32. The Morgan fingerprint density at radius 3 is 2.69 bits per heavy atom. The second-order valence-corrected chi connectivity index (χ2v) is 8.58. The van der Waals surface area contributed by atoms with Crippen molar-refractivity contribution in [2.75, 3.05) is 5.73 Å². The van der Waals surface area contributed by atoms with Crippen LogP contribution in [-0.4, -0.2) is 40.7 Å². The molecule has 3 N–H and O–H groups in total. The summed E-state index contributed by atoms with van der Waals surface area (Å²) in [6, 6.07) is 11.1. The standard InChI is InChI=1S/C22H21N7O3/c1-22(2,3)15-10-12-6-4-7-13(18(12)29(15)21(30)31)11-28-19-17(26-27-28)16(24-20(23)25-19)14-8-5-9-32-14/h4-10H,11H2,1-3H3,(H,30,31)(H2,23,24,25). The normalized spacial score (nSPS) is 12.1. The Labute approximate surface area is 182 Å². The summed E-state index contributed by atoms with van der Waals surface area (Å²) in [6.45, 7) is 6.21. The Kier molecular flexibility index (Phi) is 4.26. The zero-order chi connectivity index (χ0) is 22.6. The van der Waals surface area contributed by atoms with E-state index in [0.717, 1.165) is 10.9 Å². The van der Waals surface area contributed by atoms with E-state index in [0.29, 0.717) is 33.8 Å². The molecule has 1 aromatic carbocycles. The number of hydrogen-bond donors (Lipinski definition) is 2. The fourth-order valence-electron chi connectivity index (χ4n) is 3.94. The lowest BCUT2D eigenvalue weighted by atomic mass is 9.92. The van der Waals surface area contributed by atoms with E-state index < -0.39 is 6.09 Å². The molecule has 0 spiro atoms. The topological polar surface area (TPSA) is 138 Å². The lowest BCUT2D eigenvalue weighted by Crippen LogP contribution is -2.22. The van der Waals surface area contributed by atoms with Crippen molar-refractivity contribution in [2.45, 2.75) is 32.7 Å². The highest BCUT2D eigenvalue weighted by atomic mass is 16.4. The number of hydrogen-bond acceptors (Lipinski definition) is 7. The number of nitrogens with two attached hydrogens (primary N) is 1. The molecule has 0 amide bonds. The van der Waals surface area contributed by atoms with E-state index in [1.54, 1.807) is 16.8 Å². The van der Waals surface area contributed by atoms with Gasteiger partial charge >= 0.3 is 6.09 Å². The Bertz CT molecular complexity index is 1470. The predicted octanol–water partition coefficient (Wildman–Crippen LogP) is 3.89. The molecular weight excluding hydrogens is 410 g/mol. The average Bonchev–Trinajstić information content (AvgIpc) is 3.46. The number of nitrogens with zero attached hydrogens (tertiary/aromatic N) is 6. The first-order valence-corrected chi connectivity index (χ1v) is 10.0. The van der Waals surface area contributed by atoms with Gasteiger partial charge in [0.1, 0.15) is 5.69 Å². The molecule has 0 saturated carbocycles. The second kappa shape index (κ2) is 6.91. The largest absolute Gasteiger partial charge is 0.464 e. The molecule has 5 rings (SSSR count). The monoisotopic (exact) mass is 431 g/mol. The van der Waals surface area contributed by atoms with Gasteiger partial charge in [-0.3, -0.25) is 0 Å². The van der Waals surface area contributed by atoms with E-state index >= 15 is 0 Å².